The molecule has 102 valence electrons. The first-order chi connectivity index (χ1) is 8.39. The van der Waals surface area contributed by atoms with Gasteiger partial charge < -0.3 is 15.4 Å². The minimum atomic E-state index is 0.0666. The summed E-state index contributed by atoms with van der Waals surface area (Å²) in [6.45, 7) is 10.4. The number of hydrogen-bond donors (Lipinski definition) is 2. The van der Waals surface area contributed by atoms with Gasteiger partial charge in [-0.15, -0.1) is 0 Å². The zero-order chi connectivity index (χ0) is 13.8. The largest absolute Gasteiger partial charge is 0.496 e. The lowest BCUT2D eigenvalue weighted by Crippen LogP contribution is -2.46. The molecular weight excluding hydrogens is 224 g/mol. The van der Waals surface area contributed by atoms with E-state index in [0.717, 1.165) is 18.8 Å². The molecule has 0 aliphatic heterocycles. The minimum absolute atomic E-state index is 0.0666. The molecule has 0 aromatic heterocycles. The molecule has 3 heteroatoms. The van der Waals surface area contributed by atoms with Crippen LogP contribution in [0, 0.1) is 13.8 Å². The Balaban J connectivity index is 2.84. The summed E-state index contributed by atoms with van der Waals surface area (Å²) in [6.07, 6.45) is 0. The SMILES string of the molecule is CNCC(C)(C)NCc1c(C)cc(C)cc1OC. The Morgan fingerprint density at radius 1 is 1.22 bits per heavy atom. The second-order valence-electron chi connectivity index (χ2n) is 5.53. The number of methoxy groups -OCH3 is 1. The normalized spacial score (nSPS) is 11.7. The van der Waals surface area contributed by atoms with Crippen LogP contribution in [0.3, 0.4) is 0 Å². The number of hydrogen-bond acceptors (Lipinski definition) is 3. The van der Waals surface area contributed by atoms with Gasteiger partial charge in [-0.2, -0.15) is 0 Å². The maximum absolute atomic E-state index is 5.48. The minimum Gasteiger partial charge on any atom is -0.496 e. The second-order valence-corrected chi connectivity index (χ2v) is 5.53. The topological polar surface area (TPSA) is 33.3 Å². The number of rotatable bonds is 6. The maximum atomic E-state index is 5.48. The average Bonchev–Trinajstić information content (AvgIpc) is 2.26. The van der Waals surface area contributed by atoms with Crippen molar-refractivity contribution < 1.29 is 4.74 Å². The highest BCUT2D eigenvalue weighted by Gasteiger charge is 2.17. The van der Waals surface area contributed by atoms with Gasteiger partial charge in [0.25, 0.3) is 0 Å². The lowest BCUT2D eigenvalue weighted by molar-refractivity contribution is 0.363. The Bertz CT molecular complexity index is 400. The van der Waals surface area contributed by atoms with Crippen LogP contribution in [0.1, 0.15) is 30.5 Å². The van der Waals surface area contributed by atoms with E-state index in [2.05, 4.69) is 50.5 Å². The monoisotopic (exact) mass is 250 g/mol. The lowest BCUT2D eigenvalue weighted by atomic mass is 10.0. The van der Waals surface area contributed by atoms with Crippen molar-refractivity contribution in [1.29, 1.82) is 0 Å². The van der Waals surface area contributed by atoms with Crippen LogP contribution in [0.15, 0.2) is 12.1 Å². The smallest absolute Gasteiger partial charge is 0.123 e. The summed E-state index contributed by atoms with van der Waals surface area (Å²) in [5.41, 5.74) is 3.83. The van der Waals surface area contributed by atoms with E-state index in [1.54, 1.807) is 7.11 Å². The van der Waals surface area contributed by atoms with Gasteiger partial charge >= 0.3 is 0 Å². The number of nitrogens with one attached hydrogen (secondary N) is 2. The molecule has 0 amide bonds. The van der Waals surface area contributed by atoms with E-state index in [9.17, 15) is 0 Å². The van der Waals surface area contributed by atoms with Crippen molar-refractivity contribution in [2.75, 3.05) is 20.7 Å². The van der Waals surface area contributed by atoms with Gasteiger partial charge in [-0.25, -0.2) is 0 Å². The Labute approximate surface area is 111 Å². The van der Waals surface area contributed by atoms with Gasteiger partial charge in [0.1, 0.15) is 5.75 Å². The zero-order valence-electron chi connectivity index (χ0n) is 12.5. The molecule has 0 unspecified atom stereocenters. The number of ether oxygens (including phenoxy) is 1. The van der Waals surface area contributed by atoms with Crippen molar-refractivity contribution in [2.45, 2.75) is 39.8 Å². The molecular formula is C15H26N2O. The van der Waals surface area contributed by atoms with Crippen LogP contribution in [0.2, 0.25) is 0 Å². The van der Waals surface area contributed by atoms with Crippen LogP contribution in [0.5, 0.6) is 5.75 Å². The molecule has 0 fully saturated rings. The molecule has 0 atom stereocenters. The highest BCUT2D eigenvalue weighted by molar-refractivity contribution is 5.43. The maximum Gasteiger partial charge on any atom is 0.123 e. The molecule has 0 aliphatic carbocycles. The molecule has 2 N–H and O–H groups in total. The van der Waals surface area contributed by atoms with Crippen LogP contribution in [-0.2, 0) is 6.54 Å². The van der Waals surface area contributed by atoms with E-state index in [1.807, 2.05) is 7.05 Å². The average molecular weight is 250 g/mol. The summed E-state index contributed by atoms with van der Waals surface area (Å²) >= 11 is 0. The van der Waals surface area contributed by atoms with Crippen LogP contribution in [0.4, 0.5) is 0 Å². The summed E-state index contributed by atoms with van der Waals surface area (Å²) in [4.78, 5) is 0. The molecule has 3 nitrogen and oxygen atoms in total. The molecule has 0 aliphatic rings. The van der Waals surface area contributed by atoms with Gasteiger partial charge in [-0.3, -0.25) is 0 Å². The van der Waals surface area contributed by atoms with Crippen molar-refractivity contribution in [3.8, 4) is 5.75 Å². The molecule has 0 bridgehead atoms. The van der Waals surface area contributed by atoms with E-state index in [0.29, 0.717) is 0 Å². The molecule has 0 radical (unpaired) electrons. The van der Waals surface area contributed by atoms with Crippen molar-refractivity contribution in [3.63, 3.8) is 0 Å². The van der Waals surface area contributed by atoms with E-state index >= 15 is 0 Å². The number of aryl methyl sites for hydroxylation is 2. The number of benzene rings is 1. The second kappa shape index (κ2) is 6.21. The van der Waals surface area contributed by atoms with E-state index in [4.69, 9.17) is 4.74 Å². The van der Waals surface area contributed by atoms with Crippen LogP contribution in [0.25, 0.3) is 0 Å². The van der Waals surface area contributed by atoms with Crippen molar-refractivity contribution in [2.24, 2.45) is 0 Å². The van der Waals surface area contributed by atoms with Crippen LogP contribution < -0.4 is 15.4 Å². The Morgan fingerprint density at radius 3 is 2.44 bits per heavy atom. The van der Waals surface area contributed by atoms with Gasteiger partial charge in [0, 0.05) is 24.2 Å². The standard InChI is InChI=1S/C15H26N2O/c1-11-7-12(2)13(14(8-11)18-6)9-17-15(3,4)10-16-5/h7-8,16-17H,9-10H2,1-6H3. The van der Waals surface area contributed by atoms with Crippen LogP contribution in [-0.4, -0.2) is 26.2 Å². The Kier molecular flexibility index (Phi) is 5.17. The fourth-order valence-electron chi connectivity index (χ4n) is 2.20. The van der Waals surface area contributed by atoms with E-state index in [-0.39, 0.29) is 5.54 Å². The third-order valence-electron chi connectivity index (χ3n) is 3.16. The van der Waals surface area contributed by atoms with Gasteiger partial charge in [0.2, 0.25) is 0 Å². The lowest BCUT2D eigenvalue weighted by Gasteiger charge is -2.27. The van der Waals surface area contributed by atoms with E-state index in [1.165, 1.54) is 16.7 Å². The summed E-state index contributed by atoms with van der Waals surface area (Å²) in [7, 11) is 3.71. The summed E-state index contributed by atoms with van der Waals surface area (Å²) < 4.78 is 5.48. The molecule has 18 heavy (non-hydrogen) atoms. The summed E-state index contributed by atoms with van der Waals surface area (Å²) in [6, 6.07) is 4.29. The third kappa shape index (κ3) is 4.00. The zero-order valence-corrected chi connectivity index (χ0v) is 12.5. The summed E-state index contributed by atoms with van der Waals surface area (Å²) in [5, 5.41) is 6.77. The first kappa shape index (κ1) is 15.0. The Hall–Kier alpha value is -1.06. The predicted octanol–water partition coefficient (Wildman–Crippen LogP) is 2.40. The van der Waals surface area contributed by atoms with Crippen molar-refractivity contribution in [3.05, 3.63) is 28.8 Å². The molecule has 0 saturated carbocycles. The Morgan fingerprint density at radius 2 is 1.89 bits per heavy atom. The van der Waals surface area contributed by atoms with Crippen LogP contribution >= 0.6 is 0 Å². The van der Waals surface area contributed by atoms with Gasteiger partial charge in [-0.05, 0) is 51.9 Å². The summed E-state index contributed by atoms with van der Waals surface area (Å²) in [5.74, 6) is 0.972. The quantitative estimate of drug-likeness (QED) is 0.813. The molecule has 1 rings (SSSR count). The first-order valence-electron chi connectivity index (χ1n) is 6.43. The fraction of sp³-hybridized carbons (Fsp3) is 0.600. The van der Waals surface area contributed by atoms with Crippen molar-refractivity contribution in [1.82, 2.24) is 10.6 Å². The molecule has 1 aromatic carbocycles. The predicted molar refractivity (Wildman–Crippen MR) is 77.3 cm³/mol. The molecule has 1 aromatic rings. The fourth-order valence-corrected chi connectivity index (χ4v) is 2.20. The van der Waals surface area contributed by atoms with Gasteiger partial charge in [0.05, 0.1) is 7.11 Å². The molecule has 0 saturated heterocycles. The number of likely N-dealkylation sites (N-methyl/N-ethyl adjacent to an activating group) is 1. The van der Waals surface area contributed by atoms with Gasteiger partial charge in [-0.1, -0.05) is 6.07 Å². The van der Waals surface area contributed by atoms with E-state index < -0.39 is 0 Å². The third-order valence-corrected chi connectivity index (χ3v) is 3.16. The highest BCUT2D eigenvalue weighted by atomic mass is 16.5. The highest BCUT2D eigenvalue weighted by Crippen LogP contribution is 2.24. The molecule has 0 spiro atoms. The first-order valence-corrected chi connectivity index (χ1v) is 6.43. The van der Waals surface area contributed by atoms with Gasteiger partial charge in [0.15, 0.2) is 0 Å². The molecule has 0 heterocycles. The van der Waals surface area contributed by atoms with Crippen molar-refractivity contribution >= 4 is 0 Å².